The fourth-order valence-electron chi connectivity index (χ4n) is 8.38. The van der Waals surface area contributed by atoms with Crippen molar-refractivity contribution in [1.82, 2.24) is 0 Å². The van der Waals surface area contributed by atoms with Gasteiger partial charge in [-0.2, -0.15) is 0 Å². The summed E-state index contributed by atoms with van der Waals surface area (Å²) in [6.07, 6.45) is 0. The van der Waals surface area contributed by atoms with Crippen LogP contribution in [0.15, 0.2) is 158 Å². The second-order valence-corrected chi connectivity index (χ2v) is 13.3. The Morgan fingerprint density at radius 2 is 0.714 bits per heavy atom. The second kappa shape index (κ2) is 11.0. The molecule has 2 N–H and O–H groups in total. The van der Waals surface area contributed by atoms with Crippen LogP contribution in [0.25, 0.3) is 54.9 Å². The molecule has 2 nitrogen and oxygen atoms in total. The van der Waals surface area contributed by atoms with E-state index in [0.717, 1.165) is 33.4 Å². The molecule has 0 heterocycles. The molecule has 2 heteroatoms. The Kier molecular flexibility index (Phi) is 6.50. The highest BCUT2D eigenvalue weighted by atomic mass is 16.3. The van der Waals surface area contributed by atoms with Crippen molar-refractivity contribution in [2.75, 3.05) is 0 Å². The summed E-state index contributed by atoms with van der Waals surface area (Å²) in [6.45, 7) is 3.94. The summed E-state index contributed by atoms with van der Waals surface area (Å²) in [5.41, 5.74) is 12.4. The average molecular weight is 631 g/mol. The number of phenolic OH excluding ortho intramolecular Hbond substituents is 2. The summed E-state index contributed by atoms with van der Waals surface area (Å²) in [5, 5.41) is 26.5. The van der Waals surface area contributed by atoms with Crippen molar-refractivity contribution in [1.29, 1.82) is 0 Å². The summed E-state index contributed by atoms with van der Waals surface area (Å²) in [5.74, 6) is 0.535. The van der Waals surface area contributed by atoms with Gasteiger partial charge in [-0.1, -0.05) is 146 Å². The molecule has 0 amide bonds. The van der Waals surface area contributed by atoms with Crippen LogP contribution in [-0.2, 0) is 5.41 Å². The zero-order valence-electron chi connectivity index (χ0n) is 27.4. The first-order chi connectivity index (χ1) is 24.0. The van der Waals surface area contributed by atoms with Gasteiger partial charge in [-0.25, -0.2) is 0 Å². The Labute approximate surface area is 286 Å². The third-order valence-electron chi connectivity index (χ3n) is 10.6. The average Bonchev–Trinajstić information content (AvgIpc) is 3.45. The van der Waals surface area contributed by atoms with Crippen LogP contribution in [0.4, 0.5) is 0 Å². The van der Waals surface area contributed by atoms with Crippen molar-refractivity contribution in [3.63, 3.8) is 0 Å². The van der Waals surface area contributed by atoms with Crippen molar-refractivity contribution in [2.45, 2.75) is 19.3 Å². The van der Waals surface area contributed by atoms with Crippen molar-refractivity contribution in [2.24, 2.45) is 0 Å². The van der Waals surface area contributed by atoms with Crippen LogP contribution in [0, 0.1) is 13.8 Å². The van der Waals surface area contributed by atoms with Crippen LogP contribution < -0.4 is 0 Å². The van der Waals surface area contributed by atoms with Gasteiger partial charge in [-0.15, -0.1) is 0 Å². The van der Waals surface area contributed by atoms with Gasteiger partial charge in [0.2, 0.25) is 0 Å². The Balaban J connectivity index is 1.52. The molecule has 0 bridgehead atoms. The summed E-state index contributed by atoms with van der Waals surface area (Å²) >= 11 is 0. The van der Waals surface area contributed by atoms with E-state index >= 15 is 0 Å². The van der Waals surface area contributed by atoms with E-state index in [1.165, 1.54) is 54.9 Å². The second-order valence-electron chi connectivity index (χ2n) is 13.3. The van der Waals surface area contributed by atoms with Crippen LogP contribution in [0.1, 0.15) is 33.4 Å². The first kappa shape index (κ1) is 29.1. The topological polar surface area (TPSA) is 40.5 Å². The highest BCUT2D eigenvalue weighted by Crippen LogP contribution is 2.62. The van der Waals surface area contributed by atoms with E-state index < -0.39 is 5.41 Å². The molecule has 0 atom stereocenters. The Morgan fingerprint density at radius 3 is 1.14 bits per heavy atom. The minimum absolute atomic E-state index is 0.268. The molecule has 1 aliphatic carbocycles. The standard InChI is InChI=1S/C47H34O2/c1-29-27-33(23-25-43(29)48)47(34-24-26-44(49)30(2)28-34)45-39(37-17-7-13-31-11-3-5-15-35(31)37)19-9-21-41(45)42-22-10-20-40(46(42)47)38-18-8-14-32-12-4-6-16-36(32)38/h3-28,48-49H,1-2H3. The Morgan fingerprint density at radius 1 is 0.367 bits per heavy atom. The summed E-state index contributed by atoms with van der Waals surface area (Å²) in [6, 6.07) is 55.9. The van der Waals surface area contributed by atoms with E-state index in [9.17, 15) is 10.2 Å². The third kappa shape index (κ3) is 4.20. The van der Waals surface area contributed by atoms with Crippen molar-refractivity contribution in [3.05, 3.63) is 191 Å². The first-order valence-corrected chi connectivity index (χ1v) is 16.8. The van der Waals surface area contributed by atoms with Gasteiger partial charge in [-0.3, -0.25) is 0 Å². The van der Waals surface area contributed by atoms with Gasteiger partial charge in [-0.05, 0) is 114 Å². The number of benzene rings is 8. The zero-order valence-corrected chi connectivity index (χ0v) is 27.4. The minimum Gasteiger partial charge on any atom is -0.508 e. The summed E-state index contributed by atoms with van der Waals surface area (Å²) in [4.78, 5) is 0. The highest BCUT2D eigenvalue weighted by molar-refractivity contribution is 6.05. The van der Waals surface area contributed by atoms with E-state index in [-0.39, 0.29) is 11.5 Å². The Hall–Kier alpha value is -6.12. The molecule has 0 saturated carbocycles. The fraction of sp³-hybridized carbons (Fsp3) is 0.0638. The largest absolute Gasteiger partial charge is 0.508 e. The molecule has 8 aromatic carbocycles. The minimum atomic E-state index is -0.803. The van der Waals surface area contributed by atoms with Crippen molar-refractivity contribution >= 4 is 21.5 Å². The SMILES string of the molecule is Cc1cc(C2(c3ccc(O)c(C)c3)c3c(cccc3-c3cccc4ccccc34)-c3cccc(-c4cccc5ccccc45)c32)ccc1O. The number of aromatic hydroxyl groups is 2. The number of aryl methyl sites for hydroxylation is 2. The van der Waals surface area contributed by atoms with Gasteiger partial charge < -0.3 is 10.2 Å². The summed E-state index contributed by atoms with van der Waals surface area (Å²) in [7, 11) is 0. The summed E-state index contributed by atoms with van der Waals surface area (Å²) < 4.78 is 0. The maximum absolute atomic E-state index is 10.9. The number of phenols is 2. The zero-order chi connectivity index (χ0) is 33.3. The van der Waals surface area contributed by atoms with E-state index in [0.29, 0.717) is 0 Å². The van der Waals surface area contributed by atoms with Gasteiger partial charge in [0.15, 0.2) is 0 Å². The van der Waals surface area contributed by atoms with Crippen LogP contribution >= 0.6 is 0 Å². The van der Waals surface area contributed by atoms with Gasteiger partial charge in [0.05, 0.1) is 5.41 Å². The molecule has 0 spiro atoms. The number of rotatable bonds is 4. The molecule has 0 saturated heterocycles. The molecule has 1 aliphatic rings. The van der Waals surface area contributed by atoms with Crippen molar-refractivity contribution < 1.29 is 10.2 Å². The lowest BCUT2D eigenvalue weighted by molar-refractivity contribution is 0.470. The lowest BCUT2D eigenvalue weighted by atomic mass is 9.64. The van der Waals surface area contributed by atoms with Crippen LogP contribution in [0.2, 0.25) is 0 Å². The molecule has 49 heavy (non-hydrogen) atoms. The first-order valence-electron chi connectivity index (χ1n) is 16.8. The molecule has 234 valence electrons. The van der Waals surface area contributed by atoms with Crippen LogP contribution in [0.5, 0.6) is 11.5 Å². The van der Waals surface area contributed by atoms with Crippen LogP contribution in [-0.4, -0.2) is 10.2 Å². The predicted octanol–water partition coefficient (Wildman–Crippen LogP) is 11.7. The van der Waals surface area contributed by atoms with E-state index in [2.05, 4.69) is 146 Å². The lowest BCUT2D eigenvalue weighted by Crippen LogP contribution is -2.30. The maximum Gasteiger partial charge on any atom is 0.118 e. The van der Waals surface area contributed by atoms with E-state index in [4.69, 9.17) is 0 Å². The molecule has 0 radical (unpaired) electrons. The molecular formula is C47H34O2. The predicted molar refractivity (Wildman–Crippen MR) is 202 cm³/mol. The van der Waals surface area contributed by atoms with Gasteiger partial charge in [0.1, 0.15) is 11.5 Å². The Bertz CT molecular complexity index is 2420. The van der Waals surface area contributed by atoms with Gasteiger partial charge >= 0.3 is 0 Å². The fourth-order valence-corrected chi connectivity index (χ4v) is 8.38. The quantitative estimate of drug-likeness (QED) is 0.203. The molecule has 0 fully saturated rings. The van der Waals surface area contributed by atoms with Crippen molar-refractivity contribution in [3.8, 4) is 44.9 Å². The highest BCUT2D eigenvalue weighted by Gasteiger charge is 2.49. The molecule has 8 aromatic rings. The monoisotopic (exact) mass is 630 g/mol. The van der Waals surface area contributed by atoms with E-state index in [1.807, 2.05) is 26.0 Å². The third-order valence-corrected chi connectivity index (χ3v) is 10.6. The lowest BCUT2D eigenvalue weighted by Gasteiger charge is -2.37. The van der Waals surface area contributed by atoms with Gasteiger partial charge in [0.25, 0.3) is 0 Å². The maximum atomic E-state index is 10.9. The number of hydrogen-bond donors (Lipinski definition) is 2. The molecule has 9 rings (SSSR count). The molecule has 0 aliphatic heterocycles. The van der Waals surface area contributed by atoms with E-state index in [1.54, 1.807) is 0 Å². The normalized spacial score (nSPS) is 13.0. The number of hydrogen-bond acceptors (Lipinski definition) is 2. The van der Waals surface area contributed by atoms with Gasteiger partial charge in [0, 0.05) is 0 Å². The molecule has 0 unspecified atom stereocenters. The molecular weight excluding hydrogens is 597 g/mol. The number of fused-ring (bicyclic) bond motifs is 5. The smallest absolute Gasteiger partial charge is 0.118 e. The van der Waals surface area contributed by atoms with Crippen LogP contribution in [0.3, 0.4) is 0 Å². The molecule has 0 aromatic heterocycles.